The minimum atomic E-state index is -2.66. The van der Waals surface area contributed by atoms with E-state index < -0.39 is 23.7 Å². The highest BCUT2D eigenvalue weighted by atomic mass is 19.3. The molecule has 0 unspecified atom stereocenters. The summed E-state index contributed by atoms with van der Waals surface area (Å²) in [6.07, 6.45) is 5.75. The maximum Gasteiger partial charge on any atom is 0.248 e. The van der Waals surface area contributed by atoms with Gasteiger partial charge in [0.25, 0.3) is 0 Å². The fraction of sp³-hybridized carbons (Fsp3) is 0.458. The lowest BCUT2D eigenvalue weighted by Crippen LogP contribution is -2.32. The Kier molecular flexibility index (Phi) is 6.16. The second-order valence-corrected chi connectivity index (χ2v) is 9.20. The van der Waals surface area contributed by atoms with Gasteiger partial charge in [-0.2, -0.15) is 4.39 Å². The van der Waals surface area contributed by atoms with E-state index in [1.165, 1.54) is 24.7 Å². The van der Waals surface area contributed by atoms with Crippen LogP contribution in [0.4, 0.5) is 24.8 Å². The van der Waals surface area contributed by atoms with Crippen molar-refractivity contribution in [3.63, 3.8) is 0 Å². The molecule has 0 bridgehead atoms. The number of hydrogen-bond acceptors (Lipinski definition) is 7. The van der Waals surface area contributed by atoms with Crippen molar-refractivity contribution in [2.75, 3.05) is 10.6 Å². The Morgan fingerprint density at radius 1 is 1.06 bits per heavy atom. The van der Waals surface area contributed by atoms with Crippen molar-refractivity contribution in [1.29, 1.82) is 0 Å². The third kappa shape index (κ3) is 4.85. The second kappa shape index (κ2) is 9.27. The van der Waals surface area contributed by atoms with E-state index >= 15 is 0 Å². The van der Waals surface area contributed by atoms with Gasteiger partial charge in [-0.05, 0) is 37.8 Å². The summed E-state index contributed by atoms with van der Waals surface area (Å²) in [6.45, 7) is 0. The normalized spacial score (nSPS) is 20.7. The number of Topliss-reactive ketones (excluding diaryl/α,β-unsaturated/α-hetero) is 1. The third-order valence-corrected chi connectivity index (χ3v) is 6.74. The smallest absolute Gasteiger partial charge is 0.248 e. The Hall–Kier alpha value is -3.50. The molecule has 5 rings (SSSR count). The average Bonchev–Trinajstić information content (AvgIpc) is 3.27. The molecule has 3 heterocycles. The van der Waals surface area contributed by atoms with Crippen molar-refractivity contribution in [3.8, 4) is 0 Å². The maximum atomic E-state index is 14.9. The highest BCUT2D eigenvalue weighted by Gasteiger charge is 2.35. The van der Waals surface area contributed by atoms with E-state index in [9.17, 15) is 22.8 Å². The first kappa shape index (κ1) is 23.3. The molecule has 1 atom stereocenters. The molecular formula is C24H25F3N6O2. The molecule has 11 heteroatoms. The zero-order valence-corrected chi connectivity index (χ0v) is 18.9. The van der Waals surface area contributed by atoms with Gasteiger partial charge in [0.1, 0.15) is 23.6 Å². The Labute approximate surface area is 199 Å². The van der Waals surface area contributed by atoms with Crippen molar-refractivity contribution in [2.24, 2.45) is 0 Å². The van der Waals surface area contributed by atoms with Crippen molar-refractivity contribution < 1.29 is 22.8 Å². The zero-order valence-electron chi connectivity index (χ0n) is 18.9. The molecule has 3 aromatic heterocycles. The molecular weight excluding hydrogens is 461 g/mol. The van der Waals surface area contributed by atoms with Gasteiger partial charge in [0.15, 0.2) is 11.6 Å². The summed E-state index contributed by atoms with van der Waals surface area (Å²) in [5.41, 5.74) is 0.298. The van der Waals surface area contributed by atoms with Gasteiger partial charge in [0.05, 0.1) is 22.6 Å². The van der Waals surface area contributed by atoms with E-state index in [0.717, 1.165) is 12.8 Å². The molecule has 2 saturated carbocycles. The fourth-order valence-electron chi connectivity index (χ4n) is 4.77. The largest absolute Gasteiger partial charge is 0.367 e. The number of hydrogen-bond donors (Lipinski definition) is 3. The van der Waals surface area contributed by atoms with Crippen molar-refractivity contribution in [2.45, 2.75) is 69.4 Å². The van der Waals surface area contributed by atoms with Crippen LogP contribution in [0.5, 0.6) is 0 Å². The van der Waals surface area contributed by atoms with E-state index in [1.54, 1.807) is 0 Å². The molecule has 0 aliphatic heterocycles. The monoisotopic (exact) mass is 486 g/mol. The Morgan fingerprint density at radius 3 is 2.60 bits per heavy atom. The number of aromatic amines is 1. The van der Waals surface area contributed by atoms with Crippen LogP contribution in [0.2, 0.25) is 0 Å². The molecule has 0 amide bonds. The second-order valence-electron chi connectivity index (χ2n) is 9.20. The fourth-order valence-corrected chi connectivity index (χ4v) is 4.77. The van der Waals surface area contributed by atoms with Gasteiger partial charge in [-0.15, -0.1) is 0 Å². The molecule has 3 N–H and O–H groups in total. The Bertz CT molecular complexity index is 1270. The number of halogens is 3. The van der Waals surface area contributed by atoms with Crippen LogP contribution in [0.3, 0.4) is 0 Å². The minimum Gasteiger partial charge on any atom is -0.367 e. The van der Waals surface area contributed by atoms with Gasteiger partial charge >= 0.3 is 0 Å². The van der Waals surface area contributed by atoms with Crippen LogP contribution >= 0.6 is 0 Å². The van der Waals surface area contributed by atoms with E-state index in [1.807, 2.05) is 0 Å². The van der Waals surface area contributed by atoms with Crippen LogP contribution in [-0.2, 0) is 4.79 Å². The summed E-state index contributed by atoms with van der Waals surface area (Å²) >= 11 is 0. The standard InChI is InChI=1S/C24H25F3N6O2/c25-21-14(5-6-18(33-21)31-13-7-9-24(26,27)10-8-13)20(35)15-11-28-22-19(15)23(30-12-29-22)32-16-3-1-2-4-17(16)34/h5-6,11-13,16H,1-4,7-10H2,(H,31,33)(H2,28,29,30,32)/t16-/m1/s1. The van der Waals surface area contributed by atoms with E-state index in [-0.39, 0.29) is 54.5 Å². The van der Waals surface area contributed by atoms with Gasteiger partial charge < -0.3 is 15.6 Å². The molecule has 2 aliphatic rings. The van der Waals surface area contributed by atoms with Crippen molar-refractivity contribution in [1.82, 2.24) is 19.9 Å². The van der Waals surface area contributed by atoms with Crippen LogP contribution < -0.4 is 10.6 Å². The average molecular weight is 486 g/mol. The molecule has 2 aliphatic carbocycles. The van der Waals surface area contributed by atoms with Gasteiger partial charge in [-0.1, -0.05) is 6.42 Å². The van der Waals surface area contributed by atoms with E-state index in [2.05, 4.69) is 30.6 Å². The summed E-state index contributed by atoms with van der Waals surface area (Å²) in [6, 6.07) is 2.16. The SMILES string of the molecule is O=C(c1ccc(NC2CCC(F)(F)CC2)nc1F)c1c[nH]c2ncnc(N[C@@H]3CCCCC3=O)c12. The number of ketones is 2. The maximum absolute atomic E-state index is 14.9. The van der Waals surface area contributed by atoms with Crippen molar-refractivity contribution in [3.05, 3.63) is 41.7 Å². The zero-order chi connectivity index (χ0) is 24.6. The number of alkyl halides is 2. The predicted molar refractivity (Wildman–Crippen MR) is 123 cm³/mol. The Balaban J connectivity index is 1.38. The number of rotatable bonds is 6. The van der Waals surface area contributed by atoms with Crippen LogP contribution in [0.1, 0.15) is 67.3 Å². The Morgan fingerprint density at radius 2 is 1.86 bits per heavy atom. The molecule has 0 radical (unpaired) electrons. The molecule has 0 spiro atoms. The van der Waals surface area contributed by atoms with Crippen LogP contribution in [0, 0.1) is 5.95 Å². The quantitative estimate of drug-likeness (QED) is 0.344. The first-order valence-corrected chi connectivity index (χ1v) is 11.8. The van der Waals surface area contributed by atoms with E-state index in [0.29, 0.717) is 29.7 Å². The van der Waals surface area contributed by atoms with Crippen LogP contribution in [-0.4, -0.2) is 49.5 Å². The summed E-state index contributed by atoms with van der Waals surface area (Å²) in [4.78, 5) is 40.7. The third-order valence-electron chi connectivity index (χ3n) is 6.74. The number of H-pyrrole nitrogens is 1. The first-order valence-electron chi connectivity index (χ1n) is 11.8. The van der Waals surface area contributed by atoms with Gasteiger partial charge in [0, 0.05) is 31.5 Å². The summed E-state index contributed by atoms with van der Waals surface area (Å²) in [5.74, 6) is -3.63. The molecule has 35 heavy (non-hydrogen) atoms. The minimum absolute atomic E-state index is 0.0893. The number of fused-ring (bicyclic) bond motifs is 1. The number of carbonyl (C=O) groups is 2. The van der Waals surface area contributed by atoms with E-state index in [4.69, 9.17) is 0 Å². The number of pyridine rings is 1. The first-order chi connectivity index (χ1) is 16.8. The predicted octanol–water partition coefficient (Wildman–Crippen LogP) is 4.64. The topological polar surface area (TPSA) is 113 Å². The molecule has 0 aromatic carbocycles. The van der Waals surface area contributed by atoms with Gasteiger partial charge in [0.2, 0.25) is 11.9 Å². The summed E-state index contributed by atoms with van der Waals surface area (Å²) in [5, 5.41) is 6.50. The lowest BCUT2D eigenvalue weighted by atomic mass is 9.92. The lowest BCUT2D eigenvalue weighted by Gasteiger charge is -2.29. The summed E-state index contributed by atoms with van der Waals surface area (Å²) in [7, 11) is 0. The molecule has 3 aromatic rings. The molecule has 0 saturated heterocycles. The number of nitrogens with one attached hydrogen (secondary N) is 3. The number of anilines is 2. The molecule has 184 valence electrons. The van der Waals surface area contributed by atoms with Gasteiger partial charge in [-0.3, -0.25) is 9.59 Å². The molecule has 8 nitrogen and oxygen atoms in total. The highest BCUT2D eigenvalue weighted by molar-refractivity contribution is 6.18. The lowest BCUT2D eigenvalue weighted by molar-refractivity contribution is -0.121. The number of carbonyl (C=O) groups excluding carboxylic acids is 2. The number of aromatic nitrogens is 4. The van der Waals surface area contributed by atoms with Gasteiger partial charge in [-0.25, -0.2) is 23.7 Å². The summed E-state index contributed by atoms with van der Waals surface area (Å²) < 4.78 is 41.6. The highest BCUT2D eigenvalue weighted by Crippen LogP contribution is 2.34. The van der Waals surface area contributed by atoms with Crippen LogP contribution in [0.25, 0.3) is 11.0 Å². The van der Waals surface area contributed by atoms with Crippen LogP contribution in [0.15, 0.2) is 24.7 Å². The molecule has 2 fully saturated rings. The van der Waals surface area contributed by atoms with Crippen molar-refractivity contribution >= 4 is 34.2 Å². The number of nitrogens with zero attached hydrogens (tertiary/aromatic N) is 3.